The van der Waals surface area contributed by atoms with E-state index in [-0.39, 0.29) is 5.82 Å². The largest absolute Gasteiger partial charge is 0.279 e. The Morgan fingerprint density at radius 3 is 2.28 bits per heavy atom. The summed E-state index contributed by atoms with van der Waals surface area (Å²) in [7, 11) is 0. The molecular formula is C15H15FN2. The SMILES string of the molecule is Cc1cc(C=NNc2ccccc2)cc(C)c1F. The van der Waals surface area contributed by atoms with Crippen molar-refractivity contribution in [1.29, 1.82) is 0 Å². The zero-order chi connectivity index (χ0) is 13.0. The van der Waals surface area contributed by atoms with Crippen molar-refractivity contribution in [3.8, 4) is 0 Å². The molecule has 92 valence electrons. The molecule has 2 rings (SSSR count). The Labute approximate surface area is 106 Å². The third-order valence-electron chi connectivity index (χ3n) is 2.64. The van der Waals surface area contributed by atoms with E-state index in [1.807, 2.05) is 30.3 Å². The molecule has 2 aromatic carbocycles. The summed E-state index contributed by atoms with van der Waals surface area (Å²) < 4.78 is 13.4. The Morgan fingerprint density at radius 2 is 1.67 bits per heavy atom. The predicted octanol–water partition coefficient (Wildman–Crippen LogP) is 3.89. The average Bonchev–Trinajstić information content (AvgIpc) is 2.37. The molecule has 0 heterocycles. The lowest BCUT2D eigenvalue weighted by Crippen LogP contribution is -1.94. The number of halogens is 1. The van der Waals surface area contributed by atoms with E-state index in [9.17, 15) is 4.39 Å². The van der Waals surface area contributed by atoms with Crippen LogP contribution in [-0.2, 0) is 0 Å². The first kappa shape index (κ1) is 12.3. The van der Waals surface area contributed by atoms with Crippen molar-refractivity contribution >= 4 is 11.9 Å². The Morgan fingerprint density at radius 1 is 1.06 bits per heavy atom. The highest BCUT2D eigenvalue weighted by atomic mass is 19.1. The highest BCUT2D eigenvalue weighted by molar-refractivity contribution is 5.80. The van der Waals surface area contributed by atoms with Crippen LogP contribution in [0.15, 0.2) is 47.6 Å². The molecule has 0 aliphatic heterocycles. The maximum atomic E-state index is 13.4. The second-order valence-electron chi connectivity index (χ2n) is 4.20. The zero-order valence-electron chi connectivity index (χ0n) is 10.4. The fourth-order valence-electron chi connectivity index (χ4n) is 1.75. The summed E-state index contributed by atoms with van der Waals surface area (Å²) >= 11 is 0. The van der Waals surface area contributed by atoms with Crippen LogP contribution in [0.25, 0.3) is 0 Å². The summed E-state index contributed by atoms with van der Waals surface area (Å²) in [6, 6.07) is 13.2. The van der Waals surface area contributed by atoms with E-state index >= 15 is 0 Å². The predicted molar refractivity (Wildman–Crippen MR) is 73.5 cm³/mol. The molecule has 0 amide bonds. The van der Waals surface area contributed by atoms with Crippen LogP contribution >= 0.6 is 0 Å². The topological polar surface area (TPSA) is 24.4 Å². The number of hydrazone groups is 1. The molecule has 2 aromatic rings. The zero-order valence-corrected chi connectivity index (χ0v) is 10.4. The maximum absolute atomic E-state index is 13.4. The molecule has 18 heavy (non-hydrogen) atoms. The van der Waals surface area contributed by atoms with Gasteiger partial charge in [0.05, 0.1) is 11.9 Å². The minimum atomic E-state index is -0.150. The van der Waals surface area contributed by atoms with Crippen LogP contribution in [0.1, 0.15) is 16.7 Å². The number of rotatable bonds is 3. The monoisotopic (exact) mass is 242 g/mol. The second-order valence-corrected chi connectivity index (χ2v) is 4.20. The summed E-state index contributed by atoms with van der Waals surface area (Å²) in [4.78, 5) is 0. The lowest BCUT2D eigenvalue weighted by atomic mass is 10.1. The van der Waals surface area contributed by atoms with Crippen molar-refractivity contribution in [2.24, 2.45) is 5.10 Å². The van der Waals surface area contributed by atoms with Gasteiger partial charge < -0.3 is 0 Å². The Kier molecular flexibility index (Phi) is 3.72. The lowest BCUT2D eigenvalue weighted by molar-refractivity contribution is 0.609. The molecular weight excluding hydrogens is 227 g/mol. The molecule has 2 nitrogen and oxygen atoms in total. The first-order valence-electron chi connectivity index (χ1n) is 5.77. The Bertz CT molecular complexity index is 539. The number of hydrogen-bond donors (Lipinski definition) is 1. The molecule has 0 radical (unpaired) electrons. The van der Waals surface area contributed by atoms with Gasteiger partial charge in [0.15, 0.2) is 0 Å². The van der Waals surface area contributed by atoms with Gasteiger partial charge in [0.2, 0.25) is 0 Å². The molecule has 0 bridgehead atoms. The highest BCUT2D eigenvalue weighted by Crippen LogP contribution is 2.13. The van der Waals surface area contributed by atoms with Gasteiger partial charge in [0, 0.05) is 0 Å². The molecule has 3 heteroatoms. The van der Waals surface area contributed by atoms with Crippen LogP contribution in [0.4, 0.5) is 10.1 Å². The van der Waals surface area contributed by atoms with Crippen LogP contribution in [0.5, 0.6) is 0 Å². The van der Waals surface area contributed by atoms with E-state index in [0.717, 1.165) is 11.3 Å². The van der Waals surface area contributed by atoms with Crippen molar-refractivity contribution in [3.05, 3.63) is 65.0 Å². The molecule has 0 saturated heterocycles. The van der Waals surface area contributed by atoms with E-state index in [4.69, 9.17) is 0 Å². The van der Waals surface area contributed by atoms with Gasteiger partial charge in [-0.05, 0) is 54.8 Å². The van der Waals surface area contributed by atoms with E-state index in [1.54, 1.807) is 32.2 Å². The highest BCUT2D eigenvalue weighted by Gasteiger charge is 2.02. The van der Waals surface area contributed by atoms with Gasteiger partial charge >= 0.3 is 0 Å². The minimum absolute atomic E-state index is 0.150. The molecule has 0 unspecified atom stereocenters. The fraction of sp³-hybridized carbons (Fsp3) is 0.133. The molecule has 0 aliphatic rings. The standard InChI is InChI=1S/C15H15FN2/c1-11-8-13(9-12(2)15(11)16)10-17-18-14-6-4-3-5-7-14/h3-10,18H,1-2H3. The molecule has 0 atom stereocenters. The van der Waals surface area contributed by atoms with Gasteiger partial charge in [-0.25, -0.2) is 4.39 Å². The van der Waals surface area contributed by atoms with Gasteiger partial charge in [-0.2, -0.15) is 5.10 Å². The van der Waals surface area contributed by atoms with Crippen LogP contribution in [0, 0.1) is 19.7 Å². The van der Waals surface area contributed by atoms with Crippen LogP contribution in [0.2, 0.25) is 0 Å². The molecule has 0 aliphatic carbocycles. The van der Waals surface area contributed by atoms with Gasteiger partial charge in [0.25, 0.3) is 0 Å². The van der Waals surface area contributed by atoms with Crippen molar-refractivity contribution in [1.82, 2.24) is 0 Å². The number of benzene rings is 2. The minimum Gasteiger partial charge on any atom is -0.279 e. The Balaban J connectivity index is 2.10. The number of hydrogen-bond acceptors (Lipinski definition) is 2. The van der Waals surface area contributed by atoms with Crippen molar-refractivity contribution in [2.45, 2.75) is 13.8 Å². The van der Waals surface area contributed by atoms with Crippen molar-refractivity contribution in [3.63, 3.8) is 0 Å². The lowest BCUT2D eigenvalue weighted by Gasteiger charge is -2.03. The Hall–Kier alpha value is -2.16. The molecule has 0 aromatic heterocycles. The molecule has 0 saturated carbocycles. The summed E-state index contributed by atoms with van der Waals surface area (Å²) in [6.07, 6.45) is 1.69. The number of aryl methyl sites for hydroxylation is 2. The van der Waals surface area contributed by atoms with Crippen LogP contribution in [-0.4, -0.2) is 6.21 Å². The van der Waals surface area contributed by atoms with Crippen LogP contribution in [0.3, 0.4) is 0 Å². The maximum Gasteiger partial charge on any atom is 0.129 e. The van der Waals surface area contributed by atoms with Gasteiger partial charge in [0.1, 0.15) is 5.82 Å². The first-order valence-corrected chi connectivity index (χ1v) is 5.77. The van der Waals surface area contributed by atoms with Crippen molar-refractivity contribution < 1.29 is 4.39 Å². The first-order chi connectivity index (χ1) is 8.66. The molecule has 1 N–H and O–H groups in total. The molecule has 0 fully saturated rings. The van der Waals surface area contributed by atoms with Gasteiger partial charge in [-0.1, -0.05) is 18.2 Å². The average molecular weight is 242 g/mol. The number of para-hydroxylation sites is 1. The third-order valence-corrected chi connectivity index (χ3v) is 2.64. The fourth-order valence-corrected chi connectivity index (χ4v) is 1.75. The second kappa shape index (κ2) is 5.45. The van der Waals surface area contributed by atoms with Gasteiger partial charge in [-0.15, -0.1) is 0 Å². The van der Waals surface area contributed by atoms with E-state index in [1.165, 1.54) is 0 Å². The number of nitrogens with zero attached hydrogens (tertiary/aromatic N) is 1. The molecule has 0 spiro atoms. The quantitative estimate of drug-likeness (QED) is 0.641. The smallest absolute Gasteiger partial charge is 0.129 e. The number of anilines is 1. The normalized spacial score (nSPS) is 10.8. The summed E-state index contributed by atoms with van der Waals surface area (Å²) in [6.45, 7) is 3.51. The third kappa shape index (κ3) is 2.94. The number of nitrogens with one attached hydrogen (secondary N) is 1. The van der Waals surface area contributed by atoms with Crippen molar-refractivity contribution in [2.75, 3.05) is 5.43 Å². The van der Waals surface area contributed by atoms with Crippen LogP contribution < -0.4 is 5.43 Å². The summed E-state index contributed by atoms with van der Waals surface area (Å²) in [5, 5.41) is 4.13. The summed E-state index contributed by atoms with van der Waals surface area (Å²) in [5.41, 5.74) is 6.00. The van der Waals surface area contributed by atoms with E-state index in [0.29, 0.717) is 11.1 Å². The summed E-state index contributed by atoms with van der Waals surface area (Å²) in [5.74, 6) is -0.150. The van der Waals surface area contributed by atoms with Gasteiger partial charge in [-0.3, -0.25) is 5.43 Å². The van der Waals surface area contributed by atoms with E-state index < -0.39 is 0 Å². The van der Waals surface area contributed by atoms with E-state index in [2.05, 4.69) is 10.5 Å².